The maximum absolute atomic E-state index is 13.7. The molecular weight excluding hydrogens is 507 g/mol. The van der Waals surface area contributed by atoms with Crippen molar-refractivity contribution in [2.45, 2.75) is 57.3 Å². The Kier molecular flexibility index (Phi) is 10.2. The smallest absolute Gasteiger partial charge is 0.459 e. The predicted molar refractivity (Wildman–Crippen MR) is 133 cm³/mol. The molecule has 4 N–H and O–H groups in total. The number of nitrogens with zero attached hydrogens (tertiary/aromatic N) is 2. The largest absolute Gasteiger partial charge is 0.464 e. The molecule has 1 aromatic carbocycles. The molecule has 2 aromatic rings. The molecule has 204 valence electrons. The number of hydrogen-bond acceptors (Lipinski definition) is 11. The number of ether oxygens (including phenoxy) is 3. The number of para-hydroxylation sites is 1. The molecule has 1 fully saturated rings. The van der Waals surface area contributed by atoms with Crippen molar-refractivity contribution < 1.29 is 37.7 Å². The van der Waals surface area contributed by atoms with Gasteiger partial charge < -0.3 is 29.6 Å². The van der Waals surface area contributed by atoms with Crippen molar-refractivity contribution in [1.29, 1.82) is 0 Å². The van der Waals surface area contributed by atoms with Crippen LogP contribution in [0.1, 0.15) is 32.9 Å². The SMILES string of the molecule is CCCC(=O)OC[C@H](C)NP(=O)(OC[C@H]1O[C@@H](n2ccc(N)nc2=O)C(OC)C1O)Oc1ccccc1. The Hall–Kier alpha value is -2.80. The third kappa shape index (κ3) is 7.84. The first-order chi connectivity index (χ1) is 17.7. The number of carbonyl (C=O) groups is 1. The molecular formula is C23H33N4O9P. The van der Waals surface area contributed by atoms with Crippen LogP contribution in [0.25, 0.3) is 0 Å². The number of anilines is 1. The van der Waals surface area contributed by atoms with Gasteiger partial charge in [-0.1, -0.05) is 25.1 Å². The Morgan fingerprint density at radius 1 is 1.32 bits per heavy atom. The van der Waals surface area contributed by atoms with E-state index in [0.29, 0.717) is 6.42 Å². The average molecular weight is 541 g/mol. The molecule has 1 aliphatic rings. The summed E-state index contributed by atoms with van der Waals surface area (Å²) in [6.45, 7) is 3.07. The van der Waals surface area contributed by atoms with Crippen molar-refractivity contribution >= 4 is 19.5 Å². The minimum atomic E-state index is -4.06. The molecule has 3 rings (SSSR count). The van der Waals surface area contributed by atoms with Gasteiger partial charge >= 0.3 is 19.4 Å². The average Bonchev–Trinajstić information content (AvgIpc) is 3.17. The number of benzene rings is 1. The Morgan fingerprint density at radius 2 is 2.05 bits per heavy atom. The van der Waals surface area contributed by atoms with Gasteiger partial charge in [0.05, 0.1) is 6.61 Å². The van der Waals surface area contributed by atoms with Crippen LogP contribution in [-0.4, -0.2) is 65.3 Å². The van der Waals surface area contributed by atoms with Gasteiger partial charge in [-0.3, -0.25) is 13.9 Å². The van der Waals surface area contributed by atoms with Crippen molar-refractivity contribution in [3.8, 4) is 5.75 Å². The lowest BCUT2D eigenvalue weighted by molar-refractivity contribution is -0.144. The fourth-order valence-corrected chi connectivity index (χ4v) is 5.17. The van der Waals surface area contributed by atoms with E-state index in [1.54, 1.807) is 37.3 Å². The van der Waals surface area contributed by atoms with E-state index in [4.69, 9.17) is 29.0 Å². The Morgan fingerprint density at radius 3 is 2.70 bits per heavy atom. The second-order valence-electron chi connectivity index (χ2n) is 8.46. The van der Waals surface area contributed by atoms with Gasteiger partial charge in [-0.05, 0) is 31.5 Å². The first-order valence-corrected chi connectivity index (χ1v) is 13.3. The minimum absolute atomic E-state index is 0.0354. The first kappa shape index (κ1) is 28.8. The fraction of sp³-hybridized carbons (Fsp3) is 0.522. The molecule has 0 bridgehead atoms. The molecule has 1 aliphatic heterocycles. The number of nitrogens with one attached hydrogen (secondary N) is 1. The summed E-state index contributed by atoms with van der Waals surface area (Å²) in [5, 5.41) is 13.5. The van der Waals surface area contributed by atoms with Crippen LogP contribution in [0.2, 0.25) is 0 Å². The number of aromatic nitrogens is 2. The maximum Gasteiger partial charge on any atom is 0.459 e. The zero-order valence-corrected chi connectivity index (χ0v) is 21.8. The van der Waals surface area contributed by atoms with Crippen molar-refractivity contribution in [3.63, 3.8) is 0 Å². The molecule has 0 aliphatic carbocycles. The van der Waals surface area contributed by atoms with Crippen LogP contribution in [0.15, 0.2) is 47.4 Å². The quantitative estimate of drug-likeness (QED) is 0.248. The predicted octanol–water partition coefficient (Wildman–Crippen LogP) is 1.62. The zero-order valence-electron chi connectivity index (χ0n) is 20.9. The molecule has 1 saturated heterocycles. The zero-order chi connectivity index (χ0) is 27.0. The van der Waals surface area contributed by atoms with Crippen LogP contribution >= 0.6 is 7.75 Å². The van der Waals surface area contributed by atoms with E-state index in [1.807, 2.05) is 6.92 Å². The van der Waals surface area contributed by atoms with Crippen molar-refractivity contribution in [2.24, 2.45) is 0 Å². The van der Waals surface area contributed by atoms with Crippen molar-refractivity contribution in [1.82, 2.24) is 14.6 Å². The highest BCUT2D eigenvalue weighted by molar-refractivity contribution is 7.52. The number of rotatable bonds is 13. The van der Waals surface area contributed by atoms with E-state index >= 15 is 0 Å². The number of methoxy groups -OCH3 is 1. The van der Waals surface area contributed by atoms with Crippen molar-refractivity contribution in [3.05, 3.63) is 53.1 Å². The van der Waals surface area contributed by atoms with Gasteiger partial charge in [0.15, 0.2) is 6.23 Å². The van der Waals surface area contributed by atoms with Crippen LogP contribution < -0.4 is 21.0 Å². The molecule has 0 spiro atoms. The van der Waals surface area contributed by atoms with Crippen LogP contribution in [0.5, 0.6) is 5.75 Å². The maximum atomic E-state index is 13.7. The molecule has 37 heavy (non-hydrogen) atoms. The minimum Gasteiger partial charge on any atom is -0.464 e. The van der Waals surface area contributed by atoms with Crippen LogP contribution in [0, 0.1) is 0 Å². The molecule has 0 radical (unpaired) electrons. The number of nitrogen functional groups attached to an aromatic ring is 1. The topological polar surface area (TPSA) is 173 Å². The van der Waals surface area contributed by atoms with Gasteiger partial charge in [0.25, 0.3) is 0 Å². The van der Waals surface area contributed by atoms with Crippen LogP contribution in [0.4, 0.5) is 5.82 Å². The van der Waals surface area contributed by atoms with Gasteiger partial charge in [-0.25, -0.2) is 14.4 Å². The van der Waals surface area contributed by atoms with E-state index in [1.165, 1.54) is 19.4 Å². The normalized spacial score (nSPS) is 23.8. The summed E-state index contributed by atoms with van der Waals surface area (Å²) in [5.41, 5.74) is 4.87. The molecule has 13 nitrogen and oxygen atoms in total. The summed E-state index contributed by atoms with van der Waals surface area (Å²) in [6, 6.07) is 9.18. The second kappa shape index (κ2) is 13.1. The van der Waals surface area contributed by atoms with Gasteiger partial charge in [0.1, 0.15) is 36.5 Å². The number of aliphatic hydroxyl groups is 1. The number of aliphatic hydroxyl groups excluding tert-OH is 1. The molecule has 14 heteroatoms. The highest BCUT2D eigenvalue weighted by Gasteiger charge is 2.46. The van der Waals surface area contributed by atoms with E-state index in [9.17, 15) is 19.3 Å². The number of esters is 1. The summed E-state index contributed by atoms with van der Waals surface area (Å²) >= 11 is 0. The summed E-state index contributed by atoms with van der Waals surface area (Å²) in [5.74, 6) is -0.0656. The first-order valence-electron chi connectivity index (χ1n) is 11.8. The van der Waals surface area contributed by atoms with E-state index in [2.05, 4.69) is 10.1 Å². The molecule has 6 atom stereocenters. The third-order valence-electron chi connectivity index (χ3n) is 5.42. The molecule has 0 amide bonds. The van der Waals surface area contributed by atoms with E-state index < -0.39 is 44.0 Å². The van der Waals surface area contributed by atoms with Crippen LogP contribution in [-0.2, 0) is 28.1 Å². The van der Waals surface area contributed by atoms with E-state index in [0.717, 1.165) is 4.57 Å². The molecule has 2 heterocycles. The Balaban J connectivity index is 1.72. The number of carbonyl (C=O) groups excluding carboxylic acids is 1. The lowest BCUT2D eigenvalue weighted by atomic mass is 10.1. The van der Waals surface area contributed by atoms with E-state index in [-0.39, 0.29) is 37.2 Å². The van der Waals surface area contributed by atoms with Crippen molar-refractivity contribution in [2.75, 3.05) is 26.1 Å². The number of nitrogens with two attached hydrogens (primary N) is 1. The standard InChI is InChI=1S/C23H33N4O9P/c1-4-8-19(28)33-13-15(2)26-37(31,36-16-9-6-5-7-10-16)34-14-17-20(29)21(32-3)22(35-17)27-12-11-18(24)25-23(27)30/h5-7,9-12,15,17,20-22,29H,4,8,13-14H2,1-3H3,(H,26,31)(H2,24,25,30)/t15-,17+,20?,21?,22+,37?/m0/s1. The summed E-state index contributed by atoms with van der Waals surface area (Å²) in [6.07, 6.45) is -1.96. The van der Waals surface area contributed by atoms with Crippen LogP contribution in [0.3, 0.4) is 0 Å². The highest BCUT2D eigenvalue weighted by Crippen LogP contribution is 2.46. The lowest BCUT2D eigenvalue weighted by Crippen LogP contribution is -2.38. The summed E-state index contributed by atoms with van der Waals surface area (Å²) in [7, 11) is -2.70. The molecule has 0 saturated carbocycles. The molecule has 1 aromatic heterocycles. The number of hydrogen-bond donors (Lipinski definition) is 3. The van der Waals surface area contributed by atoms with Gasteiger partial charge in [0, 0.05) is 25.8 Å². The lowest BCUT2D eigenvalue weighted by Gasteiger charge is -2.25. The van der Waals surface area contributed by atoms with Gasteiger partial charge in [0.2, 0.25) is 0 Å². The Bertz CT molecular complexity index is 1130. The molecule has 3 unspecified atom stereocenters. The Labute approximate surface area is 214 Å². The fourth-order valence-electron chi connectivity index (χ4n) is 3.64. The second-order valence-corrected chi connectivity index (χ2v) is 10.2. The summed E-state index contributed by atoms with van der Waals surface area (Å²) in [4.78, 5) is 27.7. The highest BCUT2D eigenvalue weighted by atomic mass is 31.2. The monoisotopic (exact) mass is 540 g/mol. The van der Waals surface area contributed by atoms with Gasteiger partial charge in [-0.15, -0.1) is 0 Å². The van der Waals surface area contributed by atoms with Gasteiger partial charge in [-0.2, -0.15) is 4.98 Å². The summed E-state index contributed by atoms with van der Waals surface area (Å²) < 4.78 is 42.5. The third-order valence-corrected chi connectivity index (χ3v) is 7.11.